The van der Waals surface area contributed by atoms with Crippen molar-refractivity contribution in [3.63, 3.8) is 0 Å². The van der Waals surface area contributed by atoms with E-state index < -0.39 is 0 Å². The van der Waals surface area contributed by atoms with Crippen molar-refractivity contribution < 1.29 is 9.90 Å². The fraction of sp³-hybridized carbons (Fsp3) is 0.368. The van der Waals surface area contributed by atoms with Gasteiger partial charge < -0.3 is 14.9 Å². The average molecular weight is 422 g/mol. The van der Waals surface area contributed by atoms with E-state index in [2.05, 4.69) is 21.5 Å². The predicted molar refractivity (Wildman–Crippen MR) is 110 cm³/mol. The third kappa shape index (κ3) is 3.57. The van der Waals surface area contributed by atoms with Crippen molar-refractivity contribution in [1.29, 1.82) is 0 Å². The van der Waals surface area contributed by atoms with E-state index in [9.17, 15) is 9.90 Å². The van der Waals surface area contributed by atoms with E-state index in [0.717, 1.165) is 45.1 Å². The second-order valence-electron chi connectivity index (χ2n) is 7.00. The van der Waals surface area contributed by atoms with Crippen LogP contribution >= 0.6 is 23.2 Å². The van der Waals surface area contributed by atoms with Crippen LogP contribution in [0.25, 0.3) is 5.69 Å². The Balaban J connectivity index is 1.37. The highest BCUT2D eigenvalue weighted by Crippen LogP contribution is 2.32. The standard InChI is InChI=1S/C19H21Cl2N5O2/c1-2-19(28)25-11-13(12-25)23-5-7-24(8-6-23)18-3-4-26(22-18)16-9-14(20)15(21)10-17(16)27/h2-4,9-10,13,27H,1,5-8,11-12H2. The molecular formula is C19H21Cl2N5O2. The highest BCUT2D eigenvalue weighted by Gasteiger charge is 2.35. The molecule has 0 atom stereocenters. The van der Waals surface area contributed by atoms with Crippen molar-refractivity contribution in [3.05, 3.63) is 47.1 Å². The Morgan fingerprint density at radius 1 is 1.18 bits per heavy atom. The van der Waals surface area contributed by atoms with Crippen LogP contribution in [-0.4, -0.2) is 75.9 Å². The molecule has 1 aromatic heterocycles. The van der Waals surface area contributed by atoms with Gasteiger partial charge in [0.1, 0.15) is 11.4 Å². The third-order valence-corrected chi connectivity index (χ3v) is 6.06. The summed E-state index contributed by atoms with van der Waals surface area (Å²) in [5.41, 5.74) is 0.487. The molecule has 2 fully saturated rings. The minimum Gasteiger partial charge on any atom is -0.506 e. The predicted octanol–water partition coefficient (Wildman–Crippen LogP) is 2.40. The van der Waals surface area contributed by atoms with Crippen LogP contribution in [0.4, 0.5) is 5.82 Å². The second-order valence-corrected chi connectivity index (χ2v) is 7.81. The van der Waals surface area contributed by atoms with Crippen LogP contribution in [0, 0.1) is 0 Å². The van der Waals surface area contributed by atoms with Gasteiger partial charge in [-0.3, -0.25) is 9.69 Å². The van der Waals surface area contributed by atoms with Gasteiger partial charge in [-0.1, -0.05) is 29.8 Å². The molecule has 0 radical (unpaired) electrons. The van der Waals surface area contributed by atoms with E-state index >= 15 is 0 Å². The highest BCUT2D eigenvalue weighted by atomic mass is 35.5. The quantitative estimate of drug-likeness (QED) is 0.767. The number of anilines is 1. The van der Waals surface area contributed by atoms with Crippen molar-refractivity contribution in [2.24, 2.45) is 0 Å². The average Bonchev–Trinajstić information content (AvgIpc) is 3.13. The van der Waals surface area contributed by atoms with Crippen molar-refractivity contribution in [2.45, 2.75) is 6.04 Å². The number of carbonyl (C=O) groups is 1. The number of likely N-dealkylation sites (tertiary alicyclic amines) is 1. The Morgan fingerprint density at radius 2 is 1.86 bits per heavy atom. The van der Waals surface area contributed by atoms with Gasteiger partial charge in [-0.2, -0.15) is 5.10 Å². The third-order valence-electron chi connectivity index (χ3n) is 5.34. The van der Waals surface area contributed by atoms with Crippen LogP contribution in [0.2, 0.25) is 10.0 Å². The van der Waals surface area contributed by atoms with Crippen molar-refractivity contribution >= 4 is 34.9 Å². The summed E-state index contributed by atoms with van der Waals surface area (Å²) in [7, 11) is 0. The van der Waals surface area contributed by atoms with Crippen molar-refractivity contribution in [1.82, 2.24) is 19.6 Å². The lowest BCUT2D eigenvalue weighted by molar-refractivity contribution is -0.133. The summed E-state index contributed by atoms with van der Waals surface area (Å²) in [5.74, 6) is 0.880. The molecule has 2 aromatic rings. The first-order valence-electron chi connectivity index (χ1n) is 9.10. The first-order valence-corrected chi connectivity index (χ1v) is 9.86. The second kappa shape index (κ2) is 7.66. The molecule has 1 amide bonds. The zero-order valence-electron chi connectivity index (χ0n) is 15.3. The van der Waals surface area contributed by atoms with Crippen LogP contribution < -0.4 is 4.90 Å². The number of hydrogen-bond donors (Lipinski definition) is 1. The summed E-state index contributed by atoms with van der Waals surface area (Å²) < 4.78 is 1.60. The molecule has 0 aliphatic carbocycles. The Kier molecular flexibility index (Phi) is 5.23. The van der Waals surface area contributed by atoms with Crippen LogP contribution in [-0.2, 0) is 4.79 Å². The molecule has 1 aromatic carbocycles. The maximum absolute atomic E-state index is 11.6. The molecule has 28 heavy (non-hydrogen) atoms. The van der Waals surface area contributed by atoms with Crippen molar-refractivity contribution in [2.75, 3.05) is 44.2 Å². The molecule has 1 N–H and O–H groups in total. The summed E-state index contributed by atoms with van der Waals surface area (Å²) >= 11 is 12.0. The van der Waals surface area contributed by atoms with Gasteiger partial charge in [0.15, 0.2) is 5.82 Å². The van der Waals surface area contributed by atoms with Crippen LogP contribution in [0.1, 0.15) is 0 Å². The molecule has 0 unspecified atom stereocenters. The van der Waals surface area contributed by atoms with E-state index in [1.54, 1.807) is 16.9 Å². The maximum Gasteiger partial charge on any atom is 0.246 e. The fourth-order valence-electron chi connectivity index (χ4n) is 3.64. The van der Waals surface area contributed by atoms with Gasteiger partial charge >= 0.3 is 0 Å². The van der Waals surface area contributed by atoms with Gasteiger partial charge in [0.25, 0.3) is 0 Å². The van der Waals surface area contributed by atoms with E-state index in [4.69, 9.17) is 23.2 Å². The molecule has 148 valence electrons. The Morgan fingerprint density at radius 3 is 2.54 bits per heavy atom. The first-order chi connectivity index (χ1) is 13.5. The normalized spacial score (nSPS) is 18.2. The maximum atomic E-state index is 11.6. The molecule has 9 heteroatoms. The van der Waals surface area contributed by atoms with Gasteiger partial charge in [0.05, 0.1) is 10.0 Å². The number of aromatic hydroxyl groups is 1. The molecule has 0 bridgehead atoms. The summed E-state index contributed by atoms with van der Waals surface area (Å²) in [6.07, 6.45) is 3.17. The number of piperazine rings is 1. The molecule has 2 aliphatic heterocycles. The zero-order chi connectivity index (χ0) is 19.8. The van der Waals surface area contributed by atoms with Gasteiger partial charge in [-0.25, -0.2) is 4.68 Å². The number of halogens is 2. The number of phenolic OH excluding ortho intramolecular Hbond substituents is 1. The van der Waals surface area contributed by atoms with Crippen LogP contribution in [0.5, 0.6) is 5.75 Å². The minimum atomic E-state index is 0.00554. The fourth-order valence-corrected chi connectivity index (χ4v) is 3.95. The number of nitrogens with zero attached hydrogens (tertiary/aromatic N) is 5. The number of carbonyl (C=O) groups excluding carboxylic acids is 1. The molecular weight excluding hydrogens is 401 g/mol. The van der Waals surface area contributed by atoms with E-state index in [1.807, 2.05) is 11.0 Å². The lowest BCUT2D eigenvalue weighted by atomic mass is 10.1. The number of aromatic nitrogens is 2. The Bertz CT molecular complexity index is 902. The monoisotopic (exact) mass is 421 g/mol. The summed E-state index contributed by atoms with van der Waals surface area (Å²) in [4.78, 5) is 18.0. The number of phenols is 1. The smallest absolute Gasteiger partial charge is 0.246 e. The van der Waals surface area contributed by atoms with E-state index in [0.29, 0.717) is 21.8 Å². The summed E-state index contributed by atoms with van der Waals surface area (Å²) in [6.45, 7) is 8.64. The summed E-state index contributed by atoms with van der Waals surface area (Å²) in [5, 5.41) is 15.4. The first kappa shape index (κ1) is 19.1. The van der Waals surface area contributed by atoms with Gasteiger partial charge in [-0.15, -0.1) is 0 Å². The lowest BCUT2D eigenvalue weighted by Gasteiger charge is -2.47. The number of amides is 1. The molecule has 2 saturated heterocycles. The molecule has 4 rings (SSSR count). The molecule has 2 aliphatic rings. The van der Waals surface area contributed by atoms with E-state index in [1.165, 1.54) is 12.1 Å². The highest BCUT2D eigenvalue weighted by molar-refractivity contribution is 6.42. The number of hydrogen-bond acceptors (Lipinski definition) is 5. The largest absolute Gasteiger partial charge is 0.506 e. The lowest BCUT2D eigenvalue weighted by Crippen LogP contribution is -2.64. The summed E-state index contributed by atoms with van der Waals surface area (Å²) in [6, 6.07) is 5.36. The van der Waals surface area contributed by atoms with Gasteiger partial charge in [-0.05, 0) is 12.1 Å². The van der Waals surface area contributed by atoms with E-state index in [-0.39, 0.29) is 11.7 Å². The Labute approximate surface area is 173 Å². The topological polar surface area (TPSA) is 64.8 Å². The van der Waals surface area contributed by atoms with Gasteiger partial charge in [0, 0.05) is 63.6 Å². The van der Waals surface area contributed by atoms with Crippen molar-refractivity contribution in [3.8, 4) is 11.4 Å². The molecule has 0 spiro atoms. The minimum absolute atomic E-state index is 0.00554. The van der Waals surface area contributed by atoms with Gasteiger partial charge in [0.2, 0.25) is 5.91 Å². The van der Waals surface area contributed by atoms with Crippen LogP contribution in [0.15, 0.2) is 37.1 Å². The SMILES string of the molecule is C=CC(=O)N1CC(N2CCN(c3ccn(-c4cc(Cl)c(Cl)cc4O)n3)CC2)C1. The molecule has 0 saturated carbocycles. The Hall–Kier alpha value is -2.22. The molecule has 7 nitrogen and oxygen atoms in total. The number of benzene rings is 1. The van der Waals surface area contributed by atoms with Crippen LogP contribution in [0.3, 0.4) is 0 Å². The number of rotatable bonds is 4. The zero-order valence-corrected chi connectivity index (χ0v) is 16.8. The molecule has 3 heterocycles.